The van der Waals surface area contributed by atoms with Gasteiger partial charge in [-0.2, -0.15) is 5.10 Å². The van der Waals surface area contributed by atoms with Gasteiger partial charge in [-0.15, -0.1) is 0 Å². The molecule has 0 aliphatic rings. The van der Waals surface area contributed by atoms with Crippen LogP contribution < -0.4 is 5.32 Å². The fourth-order valence-electron chi connectivity index (χ4n) is 3.16. The first-order valence-corrected chi connectivity index (χ1v) is 9.59. The fourth-order valence-corrected chi connectivity index (χ4v) is 3.16. The summed E-state index contributed by atoms with van der Waals surface area (Å²) in [6.45, 7) is 1.99. The largest absolute Gasteiger partial charge is 0.469 e. The minimum atomic E-state index is -0.155. The van der Waals surface area contributed by atoms with E-state index in [-0.39, 0.29) is 11.9 Å². The molecular weight excluding hydrogens is 364 g/mol. The third-order valence-corrected chi connectivity index (χ3v) is 4.70. The number of pyridine rings is 1. The van der Waals surface area contributed by atoms with E-state index in [0.29, 0.717) is 11.3 Å². The summed E-state index contributed by atoms with van der Waals surface area (Å²) in [7, 11) is 0. The predicted octanol–water partition coefficient (Wildman–Crippen LogP) is 4.28. The Morgan fingerprint density at radius 3 is 2.72 bits per heavy atom. The van der Waals surface area contributed by atoms with Crippen LogP contribution >= 0.6 is 0 Å². The van der Waals surface area contributed by atoms with Gasteiger partial charge in [0.1, 0.15) is 11.5 Å². The Kier molecular flexibility index (Phi) is 5.52. The first kappa shape index (κ1) is 18.7. The minimum Gasteiger partial charge on any atom is -0.469 e. The van der Waals surface area contributed by atoms with Crippen molar-refractivity contribution in [3.05, 3.63) is 90.8 Å². The van der Waals surface area contributed by atoms with Gasteiger partial charge in [-0.1, -0.05) is 18.2 Å². The first-order valence-electron chi connectivity index (χ1n) is 9.59. The molecular formula is C23H22N4O2. The molecule has 0 spiro atoms. The zero-order valence-corrected chi connectivity index (χ0v) is 16.2. The maximum atomic E-state index is 13.0. The molecule has 4 aromatic rings. The number of nitrogens with one attached hydrogen (secondary N) is 1. The molecule has 6 nitrogen and oxygen atoms in total. The Hall–Kier alpha value is -3.67. The summed E-state index contributed by atoms with van der Waals surface area (Å²) >= 11 is 0. The van der Waals surface area contributed by atoms with E-state index in [1.807, 2.05) is 61.5 Å². The predicted molar refractivity (Wildman–Crippen MR) is 111 cm³/mol. The third-order valence-electron chi connectivity index (χ3n) is 4.70. The number of furan rings is 1. The molecule has 0 aliphatic heterocycles. The molecule has 1 N–H and O–H groups in total. The van der Waals surface area contributed by atoms with Gasteiger partial charge in [0.05, 0.1) is 17.5 Å². The molecule has 1 aromatic carbocycles. The van der Waals surface area contributed by atoms with Crippen LogP contribution in [0.15, 0.2) is 83.9 Å². The Morgan fingerprint density at radius 1 is 1.14 bits per heavy atom. The van der Waals surface area contributed by atoms with Gasteiger partial charge in [-0.3, -0.25) is 9.78 Å². The SMILES string of the molecule is CC(CCc1ccco1)NC(=O)c1cn(-c2ccccc2)nc1-c1cccnc1. The molecule has 1 atom stereocenters. The summed E-state index contributed by atoms with van der Waals surface area (Å²) in [6, 6.07) is 17.3. The number of para-hydroxylation sites is 1. The normalized spacial score (nSPS) is 11.9. The van der Waals surface area contributed by atoms with Gasteiger partial charge >= 0.3 is 0 Å². The molecule has 4 rings (SSSR count). The van der Waals surface area contributed by atoms with Crippen molar-refractivity contribution in [1.29, 1.82) is 0 Å². The van der Waals surface area contributed by atoms with Crippen LogP contribution in [-0.4, -0.2) is 26.7 Å². The van der Waals surface area contributed by atoms with Crippen molar-refractivity contribution in [3.63, 3.8) is 0 Å². The van der Waals surface area contributed by atoms with Gasteiger partial charge in [0.15, 0.2) is 0 Å². The highest BCUT2D eigenvalue weighted by molar-refractivity contribution is 6.00. The van der Waals surface area contributed by atoms with Gasteiger partial charge < -0.3 is 9.73 Å². The van der Waals surface area contributed by atoms with Gasteiger partial charge in [-0.25, -0.2) is 4.68 Å². The number of nitrogens with zero attached hydrogens (tertiary/aromatic N) is 3. The van der Waals surface area contributed by atoms with Crippen LogP contribution in [0.5, 0.6) is 0 Å². The number of hydrogen-bond acceptors (Lipinski definition) is 4. The second-order valence-corrected chi connectivity index (χ2v) is 6.91. The summed E-state index contributed by atoms with van der Waals surface area (Å²) in [6.07, 6.45) is 8.41. The van der Waals surface area contributed by atoms with Crippen LogP contribution in [0.1, 0.15) is 29.5 Å². The second-order valence-electron chi connectivity index (χ2n) is 6.91. The van der Waals surface area contributed by atoms with E-state index < -0.39 is 0 Å². The number of benzene rings is 1. The van der Waals surface area contributed by atoms with Crippen LogP contribution in [0, 0.1) is 0 Å². The lowest BCUT2D eigenvalue weighted by Crippen LogP contribution is -2.33. The molecule has 1 amide bonds. The lowest BCUT2D eigenvalue weighted by atomic mass is 10.1. The second kappa shape index (κ2) is 8.56. The van der Waals surface area contributed by atoms with Crippen molar-refractivity contribution in [2.24, 2.45) is 0 Å². The van der Waals surface area contributed by atoms with Gasteiger partial charge in [-0.05, 0) is 49.7 Å². The number of aromatic nitrogens is 3. The van der Waals surface area contributed by atoms with Crippen LogP contribution in [0.25, 0.3) is 16.9 Å². The standard InChI is InChI=1S/C23H22N4O2/c1-17(11-12-20-10-6-14-29-20)25-23(28)21-16-27(19-8-3-2-4-9-19)26-22(21)18-7-5-13-24-15-18/h2-10,13-17H,11-12H2,1H3,(H,25,28). The van der Waals surface area contributed by atoms with E-state index in [2.05, 4.69) is 15.4 Å². The zero-order chi connectivity index (χ0) is 20.1. The van der Waals surface area contributed by atoms with Crippen molar-refractivity contribution < 1.29 is 9.21 Å². The first-order chi connectivity index (χ1) is 14.2. The molecule has 0 saturated carbocycles. The fraction of sp³-hybridized carbons (Fsp3) is 0.174. The Bertz CT molecular complexity index is 1060. The van der Waals surface area contributed by atoms with Crippen molar-refractivity contribution >= 4 is 5.91 Å². The molecule has 146 valence electrons. The maximum absolute atomic E-state index is 13.0. The summed E-state index contributed by atoms with van der Waals surface area (Å²) in [5, 5.41) is 7.75. The lowest BCUT2D eigenvalue weighted by Gasteiger charge is -2.13. The van der Waals surface area contributed by atoms with Gasteiger partial charge in [0.25, 0.3) is 5.91 Å². The summed E-state index contributed by atoms with van der Waals surface area (Å²) in [5.41, 5.74) is 2.82. The quantitative estimate of drug-likeness (QED) is 0.515. The van der Waals surface area contributed by atoms with E-state index in [9.17, 15) is 4.79 Å². The summed E-state index contributed by atoms with van der Waals surface area (Å²) in [4.78, 5) is 17.2. The number of amides is 1. The van der Waals surface area contributed by atoms with E-state index >= 15 is 0 Å². The Labute approximate surface area is 169 Å². The molecule has 29 heavy (non-hydrogen) atoms. The Balaban J connectivity index is 1.57. The molecule has 0 radical (unpaired) electrons. The van der Waals surface area contributed by atoms with E-state index in [1.165, 1.54) is 0 Å². The van der Waals surface area contributed by atoms with Gasteiger partial charge in [0.2, 0.25) is 0 Å². The lowest BCUT2D eigenvalue weighted by molar-refractivity contribution is 0.0938. The topological polar surface area (TPSA) is 73.0 Å². The van der Waals surface area contributed by atoms with Crippen molar-refractivity contribution in [3.8, 4) is 16.9 Å². The van der Waals surface area contributed by atoms with Crippen LogP contribution in [0.3, 0.4) is 0 Å². The molecule has 6 heteroatoms. The van der Waals surface area contributed by atoms with E-state index in [0.717, 1.165) is 29.9 Å². The number of carbonyl (C=O) groups excluding carboxylic acids is 1. The highest BCUT2D eigenvalue weighted by atomic mass is 16.3. The summed E-state index contributed by atoms with van der Waals surface area (Å²) < 4.78 is 7.10. The Morgan fingerprint density at radius 2 is 2.00 bits per heavy atom. The van der Waals surface area contributed by atoms with Crippen LogP contribution in [-0.2, 0) is 6.42 Å². The smallest absolute Gasteiger partial charge is 0.255 e. The maximum Gasteiger partial charge on any atom is 0.255 e. The monoisotopic (exact) mass is 386 g/mol. The molecule has 3 heterocycles. The highest BCUT2D eigenvalue weighted by Crippen LogP contribution is 2.23. The summed E-state index contributed by atoms with van der Waals surface area (Å²) in [5.74, 6) is 0.761. The number of rotatable bonds is 7. The van der Waals surface area contributed by atoms with Crippen LogP contribution in [0.2, 0.25) is 0 Å². The number of aryl methyl sites for hydroxylation is 1. The van der Waals surface area contributed by atoms with E-state index in [4.69, 9.17) is 4.42 Å². The molecule has 0 fully saturated rings. The molecule has 0 aliphatic carbocycles. The number of carbonyl (C=O) groups is 1. The third kappa shape index (κ3) is 4.43. The number of hydrogen-bond donors (Lipinski definition) is 1. The van der Waals surface area contributed by atoms with Crippen LogP contribution in [0.4, 0.5) is 0 Å². The molecule has 1 unspecified atom stereocenters. The van der Waals surface area contributed by atoms with Gasteiger partial charge in [0, 0.05) is 36.6 Å². The van der Waals surface area contributed by atoms with E-state index in [1.54, 1.807) is 29.5 Å². The van der Waals surface area contributed by atoms with Crippen molar-refractivity contribution in [2.75, 3.05) is 0 Å². The minimum absolute atomic E-state index is 0.00516. The highest BCUT2D eigenvalue weighted by Gasteiger charge is 2.20. The average Bonchev–Trinajstić information content (AvgIpc) is 3.44. The molecule has 3 aromatic heterocycles. The molecule has 0 saturated heterocycles. The van der Waals surface area contributed by atoms with Crippen molar-refractivity contribution in [1.82, 2.24) is 20.1 Å². The van der Waals surface area contributed by atoms with Crippen molar-refractivity contribution in [2.45, 2.75) is 25.8 Å². The average molecular weight is 386 g/mol. The zero-order valence-electron chi connectivity index (χ0n) is 16.2. The molecule has 0 bridgehead atoms.